The molecule has 110 valence electrons. The predicted molar refractivity (Wildman–Crippen MR) is 73.7 cm³/mol. The minimum absolute atomic E-state index is 0.0321. The van der Waals surface area contributed by atoms with Crippen LogP contribution in [0.5, 0.6) is 0 Å². The molecule has 2 amide bonds. The Labute approximate surface area is 118 Å². The lowest BCUT2D eigenvalue weighted by Gasteiger charge is -2.23. The number of benzene rings is 1. The van der Waals surface area contributed by atoms with Gasteiger partial charge in [0.15, 0.2) is 0 Å². The Morgan fingerprint density at radius 1 is 1.00 bits per heavy atom. The summed E-state index contributed by atoms with van der Waals surface area (Å²) in [6.07, 6.45) is 0. The molecule has 0 heterocycles. The van der Waals surface area contributed by atoms with Gasteiger partial charge in [0, 0.05) is 26.7 Å². The molecule has 1 aromatic rings. The minimum atomic E-state index is -0.716. The smallest absolute Gasteiger partial charge is 0.312 e. The minimum Gasteiger partial charge on any atom is -0.395 e. The topological polar surface area (TPSA) is 81.1 Å². The second-order valence-electron chi connectivity index (χ2n) is 4.39. The van der Waals surface area contributed by atoms with Gasteiger partial charge in [0.2, 0.25) is 0 Å². The van der Waals surface area contributed by atoms with Crippen LogP contribution in [0.3, 0.4) is 0 Å². The third-order valence-corrected chi connectivity index (χ3v) is 2.82. The van der Waals surface area contributed by atoms with E-state index in [2.05, 4.69) is 0 Å². The predicted octanol–water partition coefficient (Wildman–Crippen LogP) is -0.542. The molecule has 0 saturated heterocycles. The number of likely N-dealkylation sites (N-methyl/N-ethyl adjacent to an activating group) is 1. The lowest BCUT2D eigenvalue weighted by molar-refractivity contribution is -0.151. The Hall–Kier alpha value is -1.92. The van der Waals surface area contributed by atoms with Crippen LogP contribution in [-0.2, 0) is 16.1 Å². The van der Waals surface area contributed by atoms with Gasteiger partial charge in [0.05, 0.1) is 13.2 Å². The largest absolute Gasteiger partial charge is 0.395 e. The molecule has 0 bridgehead atoms. The van der Waals surface area contributed by atoms with Crippen LogP contribution in [0.25, 0.3) is 0 Å². The van der Waals surface area contributed by atoms with Crippen molar-refractivity contribution in [2.45, 2.75) is 6.54 Å². The first kappa shape index (κ1) is 16.1. The van der Waals surface area contributed by atoms with Gasteiger partial charge >= 0.3 is 11.8 Å². The first-order chi connectivity index (χ1) is 9.60. The van der Waals surface area contributed by atoms with Crippen molar-refractivity contribution in [2.24, 2.45) is 0 Å². The highest BCUT2D eigenvalue weighted by Crippen LogP contribution is 2.04. The maximum absolute atomic E-state index is 12.0. The molecule has 0 radical (unpaired) electrons. The van der Waals surface area contributed by atoms with Gasteiger partial charge in [-0.15, -0.1) is 0 Å². The van der Waals surface area contributed by atoms with E-state index in [0.29, 0.717) is 6.54 Å². The third-order valence-electron chi connectivity index (χ3n) is 2.82. The van der Waals surface area contributed by atoms with Gasteiger partial charge in [-0.25, -0.2) is 0 Å². The van der Waals surface area contributed by atoms with E-state index >= 15 is 0 Å². The van der Waals surface area contributed by atoms with Crippen molar-refractivity contribution >= 4 is 11.8 Å². The van der Waals surface area contributed by atoms with Crippen LogP contribution in [0.1, 0.15) is 5.56 Å². The van der Waals surface area contributed by atoms with Gasteiger partial charge in [0.25, 0.3) is 0 Å². The van der Waals surface area contributed by atoms with Crippen molar-refractivity contribution in [1.29, 1.82) is 0 Å². The fourth-order valence-electron chi connectivity index (χ4n) is 1.78. The van der Waals surface area contributed by atoms with E-state index in [0.717, 1.165) is 10.5 Å². The molecule has 0 spiro atoms. The summed E-state index contributed by atoms with van der Waals surface area (Å²) in [5, 5.41) is 17.7. The second kappa shape index (κ2) is 8.29. The van der Waals surface area contributed by atoms with Gasteiger partial charge in [-0.2, -0.15) is 0 Å². The number of rotatable bonds is 6. The van der Waals surface area contributed by atoms with Crippen LogP contribution in [0.15, 0.2) is 30.3 Å². The number of carbonyl (C=O) groups excluding carboxylic acids is 2. The first-order valence-corrected chi connectivity index (χ1v) is 6.40. The monoisotopic (exact) mass is 280 g/mol. The molecule has 0 aliphatic rings. The van der Waals surface area contributed by atoms with Crippen molar-refractivity contribution in [1.82, 2.24) is 9.80 Å². The highest BCUT2D eigenvalue weighted by Gasteiger charge is 2.24. The summed E-state index contributed by atoms with van der Waals surface area (Å²) in [5.41, 5.74) is 0.923. The maximum Gasteiger partial charge on any atom is 0.312 e. The SMILES string of the molecule is CN(Cc1ccccc1)C(=O)C(=O)N(CCO)CCO. The molecular weight excluding hydrogens is 260 g/mol. The number of hydrogen-bond acceptors (Lipinski definition) is 4. The first-order valence-electron chi connectivity index (χ1n) is 6.40. The molecule has 0 aromatic heterocycles. The zero-order valence-electron chi connectivity index (χ0n) is 11.5. The molecule has 0 atom stereocenters. The number of hydrogen-bond donors (Lipinski definition) is 2. The molecule has 0 aliphatic heterocycles. The van der Waals surface area contributed by atoms with Crippen LogP contribution >= 0.6 is 0 Å². The van der Waals surface area contributed by atoms with E-state index in [1.165, 1.54) is 4.90 Å². The number of nitrogens with zero attached hydrogens (tertiary/aromatic N) is 2. The molecule has 6 nitrogen and oxygen atoms in total. The van der Waals surface area contributed by atoms with Crippen molar-refractivity contribution in [3.8, 4) is 0 Å². The van der Waals surface area contributed by atoms with Crippen molar-refractivity contribution in [3.05, 3.63) is 35.9 Å². The Bertz CT molecular complexity index is 430. The molecule has 2 N–H and O–H groups in total. The van der Waals surface area contributed by atoms with Gasteiger partial charge in [-0.05, 0) is 5.56 Å². The fourth-order valence-corrected chi connectivity index (χ4v) is 1.78. The number of aliphatic hydroxyl groups is 2. The molecule has 0 aliphatic carbocycles. The van der Waals surface area contributed by atoms with E-state index in [9.17, 15) is 9.59 Å². The molecule has 0 fully saturated rings. The number of aliphatic hydroxyl groups excluding tert-OH is 2. The summed E-state index contributed by atoms with van der Waals surface area (Å²) in [6.45, 7) is -0.102. The van der Waals surface area contributed by atoms with Crippen LogP contribution in [0.4, 0.5) is 0 Å². The average Bonchev–Trinajstić information content (AvgIpc) is 2.46. The molecule has 0 unspecified atom stereocenters. The Morgan fingerprint density at radius 2 is 1.55 bits per heavy atom. The normalized spacial score (nSPS) is 10.2. The summed E-state index contributed by atoms with van der Waals surface area (Å²) in [6, 6.07) is 9.33. The highest BCUT2D eigenvalue weighted by molar-refractivity contribution is 6.34. The fraction of sp³-hybridized carbons (Fsp3) is 0.429. The van der Waals surface area contributed by atoms with Crippen molar-refractivity contribution in [3.63, 3.8) is 0 Å². The van der Waals surface area contributed by atoms with E-state index < -0.39 is 11.8 Å². The highest BCUT2D eigenvalue weighted by atomic mass is 16.3. The lowest BCUT2D eigenvalue weighted by Crippen LogP contribution is -2.45. The van der Waals surface area contributed by atoms with Crippen LogP contribution in [0, 0.1) is 0 Å². The second-order valence-corrected chi connectivity index (χ2v) is 4.39. The van der Waals surface area contributed by atoms with Crippen LogP contribution in [-0.4, -0.2) is 65.2 Å². The lowest BCUT2D eigenvalue weighted by atomic mass is 10.2. The molecular formula is C14H20N2O4. The zero-order valence-corrected chi connectivity index (χ0v) is 11.5. The van der Waals surface area contributed by atoms with Crippen molar-refractivity contribution in [2.75, 3.05) is 33.4 Å². The molecule has 1 aromatic carbocycles. The average molecular weight is 280 g/mol. The molecule has 6 heteroatoms. The third kappa shape index (κ3) is 4.64. The van der Waals surface area contributed by atoms with Gasteiger partial charge in [-0.1, -0.05) is 30.3 Å². The number of carbonyl (C=O) groups is 2. The summed E-state index contributed by atoms with van der Waals surface area (Å²) in [4.78, 5) is 26.4. The van der Waals surface area contributed by atoms with Gasteiger partial charge < -0.3 is 20.0 Å². The number of amides is 2. The zero-order chi connectivity index (χ0) is 15.0. The summed E-state index contributed by atoms with van der Waals surface area (Å²) < 4.78 is 0. The van der Waals surface area contributed by atoms with Crippen molar-refractivity contribution < 1.29 is 19.8 Å². The standard InChI is InChI=1S/C14H20N2O4/c1-15(11-12-5-3-2-4-6-12)13(19)14(20)16(7-9-17)8-10-18/h2-6,17-18H,7-11H2,1H3. The van der Waals surface area contributed by atoms with E-state index in [-0.39, 0.29) is 26.3 Å². The molecule has 20 heavy (non-hydrogen) atoms. The summed E-state index contributed by atoms with van der Waals surface area (Å²) in [5.74, 6) is -1.37. The van der Waals surface area contributed by atoms with Gasteiger partial charge in [-0.3, -0.25) is 9.59 Å². The molecule has 1 rings (SSSR count). The molecule has 0 saturated carbocycles. The van der Waals surface area contributed by atoms with Gasteiger partial charge in [0.1, 0.15) is 0 Å². The van der Waals surface area contributed by atoms with Crippen LogP contribution in [0.2, 0.25) is 0 Å². The Balaban J connectivity index is 2.64. The Kier molecular flexibility index (Phi) is 6.69. The summed E-state index contributed by atoms with van der Waals surface area (Å²) in [7, 11) is 1.54. The maximum atomic E-state index is 12.0. The van der Waals surface area contributed by atoms with E-state index in [1.54, 1.807) is 7.05 Å². The van der Waals surface area contributed by atoms with Crippen LogP contribution < -0.4 is 0 Å². The quantitative estimate of drug-likeness (QED) is 0.686. The van der Waals surface area contributed by atoms with E-state index in [4.69, 9.17) is 10.2 Å². The summed E-state index contributed by atoms with van der Waals surface area (Å²) >= 11 is 0. The van der Waals surface area contributed by atoms with E-state index in [1.807, 2.05) is 30.3 Å². The Morgan fingerprint density at radius 3 is 2.05 bits per heavy atom.